The Bertz CT molecular complexity index is 258. The third-order valence-corrected chi connectivity index (χ3v) is 3.24. The van der Waals surface area contributed by atoms with E-state index in [1.165, 1.54) is 12.8 Å². The number of carbonyl (C=O) groups is 2. The summed E-state index contributed by atoms with van der Waals surface area (Å²) in [4.78, 5) is 22.5. The molecule has 1 unspecified atom stereocenters. The van der Waals surface area contributed by atoms with Crippen molar-refractivity contribution in [3.63, 3.8) is 0 Å². The lowest BCUT2D eigenvalue weighted by molar-refractivity contribution is -0.125. The molecule has 2 aliphatic rings. The quantitative estimate of drug-likeness (QED) is 0.588. The fourth-order valence-corrected chi connectivity index (χ4v) is 2.35. The van der Waals surface area contributed by atoms with Crippen LogP contribution in [0.25, 0.3) is 0 Å². The number of nitrogens with one attached hydrogen (secondary N) is 2. The minimum atomic E-state index is -0.645. The van der Waals surface area contributed by atoms with Gasteiger partial charge in [0.1, 0.15) is 5.54 Å². The number of imide groups is 1. The van der Waals surface area contributed by atoms with E-state index >= 15 is 0 Å². The summed E-state index contributed by atoms with van der Waals surface area (Å²) in [5, 5.41) is 5.02. The minimum Gasteiger partial charge on any atom is -0.323 e. The predicted octanol–water partition coefficient (Wildman–Crippen LogP) is 0.775. The van der Waals surface area contributed by atoms with E-state index in [-0.39, 0.29) is 11.9 Å². The average Bonchev–Trinajstić information content (AvgIpc) is 2.61. The normalized spacial score (nSPS) is 34.8. The molecule has 0 aromatic carbocycles. The zero-order valence-corrected chi connectivity index (χ0v) is 7.72. The topological polar surface area (TPSA) is 58.2 Å². The van der Waals surface area contributed by atoms with Crippen LogP contribution in [0.2, 0.25) is 0 Å². The van der Waals surface area contributed by atoms with E-state index < -0.39 is 5.54 Å². The van der Waals surface area contributed by atoms with Gasteiger partial charge in [0.05, 0.1) is 0 Å². The Morgan fingerprint density at radius 3 is 2.38 bits per heavy atom. The molecule has 1 heterocycles. The molecular formula is C9H14N2O2. The summed E-state index contributed by atoms with van der Waals surface area (Å²) in [7, 11) is 0. The van der Waals surface area contributed by atoms with Crippen LogP contribution in [-0.2, 0) is 4.79 Å². The van der Waals surface area contributed by atoms with Gasteiger partial charge in [0.15, 0.2) is 0 Å². The molecule has 4 heteroatoms. The largest absolute Gasteiger partial charge is 0.323 e. The third kappa shape index (κ3) is 1.20. The Labute approximate surface area is 77.1 Å². The van der Waals surface area contributed by atoms with E-state index in [0.717, 1.165) is 12.8 Å². The summed E-state index contributed by atoms with van der Waals surface area (Å²) in [6, 6.07) is -0.348. The van der Waals surface area contributed by atoms with Crippen molar-refractivity contribution in [3.8, 4) is 0 Å². The van der Waals surface area contributed by atoms with Gasteiger partial charge in [-0.05, 0) is 25.7 Å². The first kappa shape index (κ1) is 8.53. The highest BCUT2D eigenvalue weighted by molar-refractivity contribution is 6.06. The molecule has 1 saturated carbocycles. The van der Waals surface area contributed by atoms with Crippen molar-refractivity contribution in [1.29, 1.82) is 0 Å². The highest BCUT2D eigenvalue weighted by Gasteiger charge is 2.48. The highest BCUT2D eigenvalue weighted by Crippen LogP contribution is 2.35. The molecule has 0 radical (unpaired) electrons. The molecule has 0 aromatic rings. The molecular weight excluding hydrogens is 168 g/mol. The lowest BCUT2D eigenvalue weighted by Crippen LogP contribution is -2.49. The van der Waals surface area contributed by atoms with Gasteiger partial charge in [-0.3, -0.25) is 10.1 Å². The van der Waals surface area contributed by atoms with Crippen LogP contribution in [0.15, 0.2) is 0 Å². The van der Waals surface area contributed by atoms with Gasteiger partial charge in [-0.2, -0.15) is 0 Å². The monoisotopic (exact) mass is 182 g/mol. The van der Waals surface area contributed by atoms with E-state index in [1.807, 2.05) is 6.92 Å². The van der Waals surface area contributed by atoms with Gasteiger partial charge in [0, 0.05) is 0 Å². The summed E-state index contributed by atoms with van der Waals surface area (Å²) in [5.74, 6) is 0.156. The zero-order chi connectivity index (χ0) is 9.47. The van der Waals surface area contributed by atoms with Crippen molar-refractivity contribution >= 4 is 11.9 Å². The average molecular weight is 182 g/mol. The van der Waals surface area contributed by atoms with Gasteiger partial charge >= 0.3 is 6.03 Å². The summed E-state index contributed by atoms with van der Waals surface area (Å²) >= 11 is 0. The second kappa shape index (κ2) is 2.72. The van der Waals surface area contributed by atoms with E-state index in [0.29, 0.717) is 5.92 Å². The van der Waals surface area contributed by atoms with Crippen molar-refractivity contribution in [2.45, 2.75) is 38.1 Å². The second-order valence-electron chi connectivity index (χ2n) is 4.09. The minimum absolute atomic E-state index is 0.163. The molecule has 3 amide bonds. The number of hydrogen-bond acceptors (Lipinski definition) is 2. The molecule has 1 aliphatic carbocycles. The van der Waals surface area contributed by atoms with Gasteiger partial charge in [-0.15, -0.1) is 0 Å². The standard InChI is InChI=1S/C9H14N2O2/c1-9(6-4-2-3-5-6)7(12)10-8(13)11-9/h6H,2-5H2,1H3,(H2,10,11,12,13). The third-order valence-electron chi connectivity index (χ3n) is 3.24. The second-order valence-corrected chi connectivity index (χ2v) is 4.09. The van der Waals surface area contributed by atoms with E-state index in [4.69, 9.17) is 0 Å². The molecule has 2 fully saturated rings. The Morgan fingerprint density at radius 2 is 1.92 bits per heavy atom. The van der Waals surface area contributed by atoms with Crippen LogP contribution in [-0.4, -0.2) is 17.5 Å². The SMILES string of the molecule is CC1(C2CCCC2)NC(=O)NC1=O. The number of amides is 3. The van der Waals surface area contributed by atoms with Crippen LogP contribution in [0.5, 0.6) is 0 Å². The molecule has 0 bridgehead atoms. The molecule has 0 spiro atoms. The predicted molar refractivity (Wildman–Crippen MR) is 47.0 cm³/mol. The Hall–Kier alpha value is -1.06. The Morgan fingerprint density at radius 1 is 1.31 bits per heavy atom. The first-order valence-corrected chi connectivity index (χ1v) is 4.76. The number of carbonyl (C=O) groups excluding carboxylic acids is 2. The van der Waals surface area contributed by atoms with Crippen molar-refractivity contribution in [2.75, 3.05) is 0 Å². The fourth-order valence-electron chi connectivity index (χ4n) is 2.35. The summed E-state index contributed by atoms with van der Waals surface area (Å²) in [6.45, 7) is 1.82. The summed E-state index contributed by atoms with van der Waals surface area (Å²) in [6.07, 6.45) is 4.43. The van der Waals surface area contributed by atoms with Crippen molar-refractivity contribution < 1.29 is 9.59 Å². The molecule has 1 atom stereocenters. The number of urea groups is 1. The van der Waals surface area contributed by atoms with Crippen LogP contribution < -0.4 is 10.6 Å². The molecule has 72 valence electrons. The maximum atomic E-state index is 11.5. The van der Waals surface area contributed by atoms with E-state index in [1.54, 1.807) is 0 Å². The van der Waals surface area contributed by atoms with Crippen LogP contribution in [0.1, 0.15) is 32.6 Å². The lowest BCUT2D eigenvalue weighted by atomic mass is 9.84. The molecule has 2 N–H and O–H groups in total. The van der Waals surface area contributed by atoms with Gasteiger partial charge < -0.3 is 5.32 Å². The molecule has 0 aromatic heterocycles. The van der Waals surface area contributed by atoms with Gasteiger partial charge in [-0.25, -0.2) is 4.79 Å². The number of hydrogen-bond donors (Lipinski definition) is 2. The first-order valence-electron chi connectivity index (χ1n) is 4.76. The van der Waals surface area contributed by atoms with Crippen LogP contribution in [0, 0.1) is 5.92 Å². The van der Waals surface area contributed by atoms with E-state index in [9.17, 15) is 9.59 Å². The smallest absolute Gasteiger partial charge is 0.322 e. The van der Waals surface area contributed by atoms with Gasteiger partial charge in [-0.1, -0.05) is 12.8 Å². The Kier molecular flexibility index (Phi) is 1.78. The maximum Gasteiger partial charge on any atom is 0.322 e. The summed E-state index contributed by atoms with van der Waals surface area (Å²) < 4.78 is 0. The lowest BCUT2D eigenvalue weighted by Gasteiger charge is -2.27. The molecule has 13 heavy (non-hydrogen) atoms. The molecule has 2 rings (SSSR count). The van der Waals surface area contributed by atoms with Gasteiger partial charge in [0.2, 0.25) is 0 Å². The Balaban J connectivity index is 2.18. The van der Waals surface area contributed by atoms with Crippen molar-refractivity contribution in [1.82, 2.24) is 10.6 Å². The van der Waals surface area contributed by atoms with Crippen molar-refractivity contribution in [3.05, 3.63) is 0 Å². The zero-order valence-electron chi connectivity index (χ0n) is 7.72. The van der Waals surface area contributed by atoms with E-state index in [2.05, 4.69) is 10.6 Å². The highest BCUT2D eigenvalue weighted by atomic mass is 16.2. The maximum absolute atomic E-state index is 11.5. The molecule has 1 saturated heterocycles. The van der Waals surface area contributed by atoms with Gasteiger partial charge in [0.25, 0.3) is 5.91 Å². The van der Waals surface area contributed by atoms with Crippen LogP contribution in [0.3, 0.4) is 0 Å². The summed E-state index contributed by atoms with van der Waals surface area (Å²) in [5.41, 5.74) is -0.645. The molecule has 1 aliphatic heterocycles. The van der Waals surface area contributed by atoms with Crippen molar-refractivity contribution in [2.24, 2.45) is 5.92 Å². The van der Waals surface area contributed by atoms with Crippen LogP contribution in [0.4, 0.5) is 4.79 Å². The fraction of sp³-hybridized carbons (Fsp3) is 0.778. The number of rotatable bonds is 1. The van der Waals surface area contributed by atoms with Crippen LogP contribution >= 0.6 is 0 Å². The molecule has 4 nitrogen and oxygen atoms in total. The first-order chi connectivity index (χ1) is 6.13.